The first-order valence-electron chi connectivity index (χ1n) is 5.15. The van der Waals surface area contributed by atoms with E-state index in [4.69, 9.17) is 5.21 Å². The number of benzene rings is 1. The molecule has 0 aliphatic rings. The van der Waals surface area contributed by atoms with E-state index < -0.39 is 11.9 Å². The number of carbonyl (C=O) groups excluding carboxylic acids is 2. The molecule has 0 unspecified atom stereocenters. The molecule has 0 aliphatic heterocycles. The molecule has 19 heavy (non-hydrogen) atoms. The molecule has 0 fully saturated rings. The Bertz CT molecular complexity index is 505. The van der Waals surface area contributed by atoms with Gasteiger partial charge in [-0.05, 0) is 12.1 Å². The van der Waals surface area contributed by atoms with Crippen molar-refractivity contribution in [1.82, 2.24) is 0 Å². The molecule has 0 atom stereocenters. The number of ether oxygens (including phenoxy) is 2. The lowest BCUT2D eigenvalue weighted by Gasteiger charge is -2.08. The monoisotopic (exact) mass is 267 g/mol. The quantitative estimate of drug-likeness (QED) is 0.186. The summed E-state index contributed by atoms with van der Waals surface area (Å²) < 4.78 is 8.92. The van der Waals surface area contributed by atoms with Crippen molar-refractivity contribution in [1.29, 1.82) is 0 Å². The predicted molar refractivity (Wildman–Crippen MR) is 65.5 cm³/mol. The van der Waals surface area contributed by atoms with Gasteiger partial charge in [-0.15, -0.1) is 0 Å². The molecule has 7 nitrogen and oxygen atoms in total. The molecular formula is C12H13NO6. The Morgan fingerprint density at radius 2 is 1.79 bits per heavy atom. The number of esters is 2. The molecule has 102 valence electrons. The van der Waals surface area contributed by atoms with Crippen molar-refractivity contribution in [2.45, 2.75) is 0 Å². The molecule has 7 heteroatoms. The van der Waals surface area contributed by atoms with Crippen LogP contribution in [0.5, 0.6) is 5.75 Å². The second-order valence-corrected chi connectivity index (χ2v) is 3.39. The molecule has 0 heterocycles. The Labute approximate surface area is 109 Å². The van der Waals surface area contributed by atoms with E-state index in [2.05, 4.69) is 9.47 Å². The molecule has 1 rings (SSSR count). The maximum Gasteiger partial charge on any atom is 0.345 e. The number of nitrogens with one attached hydrogen (secondary N) is 1. The van der Waals surface area contributed by atoms with Gasteiger partial charge in [0.1, 0.15) is 17.0 Å². The molecule has 1 aromatic rings. The molecule has 0 amide bonds. The molecule has 0 aliphatic carbocycles. The third kappa shape index (κ3) is 3.23. The molecule has 0 aromatic heterocycles. The number of phenols is 1. The van der Waals surface area contributed by atoms with E-state index in [0.29, 0.717) is 0 Å². The highest BCUT2D eigenvalue weighted by Gasteiger charge is 2.20. The summed E-state index contributed by atoms with van der Waals surface area (Å²) in [7, 11) is 2.24. The van der Waals surface area contributed by atoms with Crippen LogP contribution in [0, 0.1) is 0 Å². The fourth-order valence-electron chi connectivity index (χ4n) is 1.38. The van der Waals surface area contributed by atoms with Gasteiger partial charge in [0.05, 0.1) is 14.2 Å². The summed E-state index contributed by atoms with van der Waals surface area (Å²) in [4.78, 5) is 22.9. The van der Waals surface area contributed by atoms with E-state index in [1.807, 2.05) is 0 Å². The SMILES string of the molecule is COC(=O)C(=Cc1cccc(O)c1NO)C(=O)OC. The number of hydrogen-bond donors (Lipinski definition) is 3. The van der Waals surface area contributed by atoms with Gasteiger partial charge < -0.3 is 14.6 Å². The minimum Gasteiger partial charge on any atom is -0.506 e. The number of aromatic hydroxyl groups is 1. The minimum atomic E-state index is -0.890. The first-order valence-corrected chi connectivity index (χ1v) is 5.15. The molecule has 0 saturated carbocycles. The van der Waals surface area contributed by atoms with Crippen LogP contribution in [0.3, 0.4) is 0 Å². The molecular weight excluding hydrogens is 254 g/mol. The Morgan fingerprint density at radius 3 is 2.26 bits per heavy atom. The third-order valence-electron chi connectivity index (χ3n) is 2.30. The summed E-state index contributed by atoms with van der Waals surface area (Å²) in [6.07, 6.45) is 1.13. The molecule has 3 N–H and O–H groups in total. The third-order valence-corrected chi connectivity index (χ3v) is 2.30. The Morgan fingerprint density at radius 1 is 1.21 bits per heavy atom. The van der Waals surface area contributed by atoms with Gasteiger partial charge in [-0.25, -0.2) is 9.59 Å². The van der Waals surface area contributed by atoms with Crippen molar-refractivity contribution >= 4 is 23.7 Å². The number of para-hydroxylation sites is 1. The van der Waals surface area contributed by atoms with E-state index in [9.17, 15) is 14.7 Å². The second kappa shape index (κ2) is 6.41. The van der Waals surface area contributed by atoms with Crippen LogP contribution in [-0.2, 0) is 19.1 Å². The number of methoxy groups -OCH3 is 2. The highest BCUT2D eigenvalue weighted by Crippen LogP contribution is 2.28. The summed E-state index contributed by atoms with van der Waals surface area (Å²) in [5, 5.41) is 18.4. The average molecular weight is 267 g/mol. The largest absolute Gasteiger partial charge is 0.506 e. The normalized spacial score (nSPS) is 9.42. The smallest absolute Gasteiger partial charge is 0.345 e. The summed E-state index contributed by atoms with van der Waals surface area (Å²) in [5.41, 5.74) is 1.58. The lowest BCUT2D eigenvalue weighted by Crippen LogP contribution is -2.15. The molecule has 0 spiro atoms. The van der Waals surface area contributed by atoms with Gasteiger partial charge in [0.25, 0.3) is 0 Å². The highest BCUT2D eigenvalue weighted by molar-refractivity contribution is 6.18. The topological polar surface area (TPSA) is 105 Å². The van der Waals surface area contributed by atoms with Crippen LogP contribution in [0.25, 0.3) is 6.08 Å². The summed E-state index contributed by atoms with van der Waals surface area (Å²) in [5.74, 6) is -2.02. The van der Waals surface area contributed by atoms with E-state index in [1.54, 1.807) is 5.48 Å². The van der Waals surface area contributed by atoms with Gasteiger partial charge in [0.15, 0.2) is 0 Å². The number of hydrogen-bond acceptors (Lipinski definition) is 7. The van der Waals surface area contributed by atoms with Crippen molar-refractivity contribution in [3.63, 3.8) is 0 Å². The summed E-state index contributed by atoms with van der Waals surface area (Å²) in [6, 6.07) is 4.28. The maximum atomic E-state index is 11.5. The van der Waals surface area contributed by atoms with Crippen LogP contribution in [0.4, 0.5) is 5.69 Å². The van der Waals surface area contributed by atoms with Crippen molar-refractivity contribution in [3.05, 3.63) is 29.3 Å². The predicted octanol–water partition coefficient (Wildman–Crippen LogP) is 0.923. The molecule has 0 radical (unpaired) electrons. The lowest BCUT2D eigenvalue weighted by molar-refractivity contribution is -0.143. The first kappa shape index (κ1) is 14.5. The van der Waals surface area contributed by atoms with Gasteiger partial charge in [-0.2, -0.15) is 0 Å². The molecule has 0 bridgehead atoms. The van der Waals surface area contributed by atoms with E-state index >= 15 is 0 Å². The zero-order valence-corrected chi connectivity index (χ0v) is 10.3. The van der Waals surface area contributed by atoms with E-state index in [1.165, 1.54) is 18.2 Å². The van der Waals surface area contributed by atoms with Crippen LogP contribution in [0.1, 0.15) is 5.56 Å². The Hall–Kier alpha value is -2.54. The van der Waals surface area contributed by atoms with Gasteiger partial charge in [0, 0.05) is 5.56 Å². The van der Waals surface area contributed by atoms with Crippen LogP contribution in [0.15, 0.2) is 23.8 Å². The highest BCUT2D eigenvalue weighted by atomic mass is 16.5. The zero-order valence-electron chi connectivity index (χ0n) is 10.3. The Balaban J connectivity index is 3.33. The van der Waals surface area contributed by atoms with Crippen molar-refractivity contribution in [2.75, 3.05) is 19.7 Å². The first-order chi connectivity index (χ1) is 9.04. The van der Waals surface area contributed by atoms with Crippen LogP contribution in [-0.4, -0.2) is 36.5 Å². The summed E-state index contributed by atoms with van der Waals surface area (Å²) in [6.45, 7) is 0. The van der Waals surface area contributed by atoms with E-state index in [-0.39, 0.29) is 22.6 Å². The van der Waals surface area contributed by atoms with Crippen LogP contribution in [0.2, 0.25) is 0 Å². The van der Waals surface area contributed by atoms with Crippen LogP contribution < -0.4 is 5.48 Å². The van der Waals surface area contributed by atoms with Crippen molar-refractivity contribution in [3.8, 4) is 5.75 Å². The minimum absolute atomic E-state index is 0.0483. The van der Waals surface area contributed by atoms with Crippen molar-refractivity contribution in [2.24, 2.45) is 0 Å². The number of carbonyl (C=O) groups is 2. The fraction of sp³-hybridized carbons (Fsp3) is 0.167. The molecule has 1 aromatic carbocycles. The van der Waals surface area contributed by atoms with E-state index in [0.717, 1.165) is 20.3 Å². The lowest BCUT2D eigenvalue weighted by atomic mass is 10.1. The maximum absolute atomic E-state index is 11.5. The number of anilines is 1. The Kier molecular flexibility index (Phi) is 4.90. The van der Waals surface area contributed by atoms with Crippen LogP contribution >= 0.6 is 0 Å². The average Bonchev–Trinajstić information content (AvgIpc) is 2.43. The number of rotatable bonds is 4. The van der Waals surface area contributed by atoms with Gasteiger partial charge in [0.2, 0.25) is 0 Å². The zero-order chi connectivity index (χ0) is 14.4. The second-order valence-electron chi connectivity index (χ2n) is 3.39. The summed E-state index contributed by atoms with van der Waals surface area (Å²) >= 11 is 0. The van der Waals surface area contributed by atoms with Crippen molar-refractivity contribution < 1.29 is 29.4 Å². The number of phenolic OH excluding ortho intramolecular Hbond substituents is 1. The van der Waals surface area contributed by atoms with Gasteiger partial charge >= 0.3 is 11.9 Å². The van der Waals surface area contributed by atoms with Gasteiger partial charge in [-0.3, -0.25) is 10.7 Å². The molecule has 0 saturated heterocycles. The standard InChI is InChI=1S/C12H13NO6/c1-18-11(15)8(12(16)19-2)6-7-4-3-5-9(14)10(7)13-17/h3-6,13-14,17H,1-2H3. The van der Waals surface area contributed by atoms with Gasteiger partial charge in [-0.1, -0.05) is 12.1 Å². The fourth-order valence-corrected chi connectivity index (χ4v) is 1.38.